The molecule has 4 nitrogen and oxygen atoms in total. The SMILES string of the molecule is CC1(C(=O)O)CCCN1C(=O)Cc1c(Cl)cccc1Cl. The molecular formula is C14H15Cl2NO3. The van der Waals surface area contributed by atoms with Gasteiger partial charge in [0.1, 0.15) is 5.54 Å². The van der Waals surface area contributed by atoms with Gasteiger partial charge < -0.3 is 10.0 Å². The Morgan fingerprint density at radius 2 is 1.95 bits per heavy atom. The van der Waals surface area contributed by atoms with Crippen LogP contribution in [-0.4, -0.2) is 34.0 Å². The molecule has 0 saturated carbocycles. The zero-order chi connectivity index (χ0) is 14.9. The second-order valence-corrected chi connectivity index (χ2v) is 5.92. The summed E-state index contributed by atoms with van der Waals surface area (Å²) in [6, 6.07) is 5.03. The number of carboxylic acid groups (broad SMARTS) is 1. The minimum atomic E-state index is -1.13. The van der Waals surface area contributed by atoms with Crippen LogP contribution in [-0.2, 0) is 16.0 Å². The summed E-state index contributed by atoms with van der Waals surface area (Å²) in [6.45, 7) is 2.03. The van der Waals surface area contributed by atoms with Crippen molar-refractivity contribution in [1.82, 2.24) is 4.90 Å². The van der Waals surface area contributed by atoms with Crippen LogP contribution in [0.1, 0.15) is 25.3 Å². The van der Waals surface area contributed by atoms with Crippen LogP contribution in [0.3, 0.4) is 0 Å². The maximum Gasteiger partial charge on any atom is 0.329 e. The minimum absolute atomic E-state index is 0.0153. The Bertz CT molecular complexity index is 541. The van der Waals surface area contributed by atoms with Gasteiger partial charge >= 0.3 is 5.97 Å². The Balaban J connectivity index is 2.23. The first kappa shape index (κ1) is 15.1. The molecule has 1 aliphatic rings. The number of carboxylic acids is 1. The van der Waals surface area contributed by atoms with Gasteiger partial charge in [-0.1, -0.05) is 29.3 Å². The molecular weight excluding hydrogens is 301 g/mol. The number of aliphatic carboxylic acids is 1. The molecule has 108 valence electrons. The highest BCUT2D eigenvalue weighted by Crippen LogP contribution is 2.31. The van der Waals surface area contributed by atoms with E-state index in [0.29, 0.717) is 35.0 Å². The van der Waals surface area contributed by atoms with E-state index in [9.17, 15) is 14.7 Å². The molecule has 1 aliphatic heterocycles. The number of carbonyl (C=O) groups is 2. The molecule has 20 heavy (non-hydrogen) atoms. The first-order valence-electron chi connectivity index (χ1n) is 6.33. The quantitative estimate of drug-likeness (QED) is 0.932. The summed E-state index contributed by atoms with van der Waals surface area (Å²) in [6.07, 6.45) is 1.16. The Labute approximate surface area is 127 Å². The van der Waals surface area contributed by atoms with Gasteiger partial charge in [-0.2, -0.15) is 0 Å². The van der Waals surface area contributed by atoms with Crippen molar-refractivity contribution in [3.63, 3.8) is 0 Å². The van der Waals surface area contributed by atoms with Gasteiger partial charge in [0.05, 0.1) is 6.42 Å². The van der Waals surface area contributed by atoms with Gasteiger partial charge in [-0.15, -0.1) is 0 Å². The fourth-order valence-electron chi connectivity index (χ4n) is 2.53. The number of likely N-dealkylation sites (tertiary alicyclic amines) is 1. The van der Waals surface area contributed by atoms with E-state index in [4.69, 9.17) is 23.2 Å². The lowest BCUT2D eigenvalue weighted by Gasteiger charge is -2.31. The van der Waals surface area contributed by atoms with Crippen molar-refractivity contribution >= 4 is 35.1 Å². The number of halogens is 2. The van der Waals surface area contributed by atoms with E-state index in [-0.39, 0.29) is 12.3 Å². The van der Waals surface area contributed by atoms with Gasteiger partial charge in [0, 0.05) is 16.6 Å². The first-order chi connectivity index (χ1) is 9.36. The first-order valence-corrected chi connectivity index (χ1v) is 7.08. The molecule has 0 bridgehead atoms. The Hall–Kier alpha value is -1.26. The largest absolute Gasteiger partial charge is 0.480 e. The molecule has 6 heteroatoms. The van der Waals surface area contributed by atoms with E-state index in [1.54, 1.807) is 25.1 Å². The monoisotopic (exact) mass is 315 g/mol. The molecule has 0 spiro atoms. The van der Waals surface area contributed by atoms with Gasteiger partial charge in [-0.25, -0.2) is 4.79 Å². The highest BCUT2D eigenvalue weighted by atomic mass is 35.5. The van der Waals surface area contributed by atoms with Gasteiger partial charge in [-0.3, -0.25) is 4.79 Å². The third-order valence-corrected chi connectivity index (χ3v) is 4.50. The van der Waals surface area contributed by atoms with Crippen LogP contribution in [0.25, 0.3) is 0 Å². The fraction of sp³-hybridized carbons (Fsp3) is 0.429. The van der Waals surface area contributed by atoms with Gasteiger partial charge in [0.25, 0.3) is 0 Å². The number of carbonyl (C=O) groups excluding carboxylic acids is 1. The second kappa shape index (κ2) is 5.62. The van der Waals surface area contributed by atoms with E-state index in [2.05, 4.69) is 0 Å². The highest BCUT2D eigenvalue weighted by Gasteiger charge is 2.45. The van der Waals surface area contributed by atoms with Crippen LogP contribution in [0.2, 0.25) is 10.0 Å². The predicted molar refractivity (Wildman–Crippen MR) is 77.2 cm³/mol. The average Bonchev–Trinajstić information content (AvgIpc) is 2.77. The third kappa shape index (κ3) is 2.63. The highest BCUT2D eigenvalue weighted by molar-refractivity contribution is 6.36. The maximum atomic E-state index is 12.4. The molecule has 0 aromatic heterocycles. The number of rotatable bonds is 3. The van der Waals surface area contributed by atoms with Crippen molar-refractivity contribution in [2.24, 2.45) is 0 Å². The third-order valence-electron chi connectivity index (χ3n) is 3.79. The van der Waals surface area contributed by atoms with E-state index < -0.39 is 11.5 Å². The van der Waals surface area contributed by atoms with Crippen LogP contribution in [0.5, 0.6) is 0 Å². The molecule has 1 aromatic rings. The van der Waals surface area contributed by atoms with Crippen LogP contribution >= 0.6 is 23.2 Å². The summed E-state index contributed by atoms with van der Waals surface area (Å²) in [5.41, 5.74) is -0.592. The van der Waals surface area contributed by atoms with Crippen LogP contribution in [0, 0.1) is 0 Å². The normalized spacial score (nSPS) is 22.1. The van der Waals surface area contributed by atoms with E-state index in [0.717, 1.165) is 0 Å². The predicted octanol–water partition coefficient (Wildman–Crippen LogP) is 3.00. The zero-order valence-corrected chi connectivity index (χ0v) is 12.5. The maximum absolute atomic E-state index is 12.4. The molecule has 1 saturated heterocycles. The smallest absolute Gasteiger partial charge is 0.329 e. The Morgan fingerprint density at radius 1 is 1.35 bits per heavy atom. The molecule has 1 amide bonds. The summed E-state index contributed by atoms with van der Waals surface area (Å²) < 4.78 is 0. The lowest BCUT2D eigenvalue weighted by Crippen LogP contribution is -2.51. The van der Waals surface area contributed by atoms with E-state index in [1.807, 2.05) is 0 Å². The standard InChI is InChI=1S/C14H15Cl2NO3/c1-14(13(19)20)6-3-7-17(14)12(18)8-9-10(15)4-2-5-11(9)16/h2,4-5H,3,6-8H2,1H3,(H,19,20). The molecule has 1 atom stereocenters. The molecule has 1 fully saturated rings. The summed E-state index contributed by atoms with van der Waals surface area (Å²) >= 11 is 12.1. The van der Waals surface area contributed by atoms with Crippen LogP contribution < -0.4 is 0 Å². The number of benzene rings is 1. The summed E-state index contributed by atoms with van der Waals surface area (Å²) in [4.78, 5) is 25.2. The lowest BCUT2D eigenvalue weighted by atomic mass is 9.98. The Morgan fingerprint density at radius 3 is 2.50 bits per heavy atom. The van der Waals surface area contributed by atoms with E-state index >= 15 is 0 Å². The van der Waals surface area contributed by atoms with Crippen LogP contribution in [0.4, 0.5) is 0 Å². The molecule has 0 aliphatic carbocycles. The average molecular weight is 316 g/mol. The van der Waals surface area contributed by atoms with Gasteiger partial charge in [0.2, 0.25) is 5.91 Å². The number of nitrogens with zero attached hydrogens (tertiary/aromatic N) is 1. The molecule has 1 unspecified atom stereocenters. The van der Waals surface area contributed by atoms with Crippen LogP contribution in [0.15, 0.2) is 18.2 Å². The minimum Gasteiger partial charge on any atom is -0.480 e. The zero-order valence-electron chi connectivity index (χ0n) is 11.0. The molecule has 1 aromatic carbocycles. The van der Waals surface area contributed by atoms with Crippen molar-refractivity contribution in [3.05, 3.63) is 33.8 Å². The second-order valence-electron chi connectivity index (χ2n) is 5.10. The van der Waals surface area contributed by atoms with Crippen molar-refractivity contribution in [1.29, 1.82) is 0 Å². The van der Waals surface area contributed by atoms with Gasteiger partial charge in [0.15, 0.2) is 0 Å². The van der Waals surface area contributed by atoms with Gasteiger partial charge in [-0.05, 0) is 37.5 Å². The van der Waals surface area contributed by atoms with Crippen molar-refractivity contribution in [2.45, 2.75) is 31.7 Å². The van der Waals surface area contributed by atoms with Crippen molar-refractivity contribution in [2.75, 3.05) is 6.54 Å². The molecule has 2 rings (SSSR count). The summed E-state index contributed by atoms with van der Waals surface area (Å²) in [5, 5.41) is 10.2. The fourth-order valence-corrected chi connectivity index (χ4v) is 3.06. The molecule has 1 N–H and O–H groups in total. The molecule has 0 radical (unpaired) electrons. The number of hydrogen-bond donors (Lipinski definition) is 1. The Kier molecular flexibility index (Phi) is 4.25. The topological polar surface area (TPSA) is 57.6 Å². The molecule has 1 heterocycles. The van der Waals surface area contributed by atoms with E-state index in [1.165, 1.54) is 4.90 Å². The summed E-state index contributed by atoms with van der Waals surface area (Å²) in [5.74, 6) is -1.24. The number of hydrogen-bond acceptors (Lipinski definition) is 2. The van der Waals surface area contributed by atoms with Crippen molar-refractivity contribution < 1.29 is 14.7 Å². The van der Waals surface area contributed by atoms with Crippen molar-refractivity contribution in [3.8, 4) is 0 Å². The lowest BCUT2D eigenvalue weighted by molar-refractivity contribution is -0.155. The number of amides is 1. The summed E-state index contributed by atoms with van der Waals surface area (Å²) in [7, 11) is 0.